The van der Waals surface area contributed by atoms with Gasteiger partial charge in [-0.1, -0.05) is 12.2 Å². The Labute approximate surface area is 89.2 Å². The molecule has 0 aromatic carbocycles. The molecule has 1 heterocycles. The molecule has 3 rings (SSSR count). The molecule has 0 amide bonds. The fourth-order valence-electron chi connectivity index (χ4n) is 2.85. The summed E-state index contributed by atoms with van der Waals surface area (Å²) >= 11 is 6.40. The van der Waals surface area contributed by atoms with E-state index < -0.39 is 5.79 Å². The summed E-state index contributed by atoms with van der Waals surface area (Å²) in [6.45, 7) is 4.11. The first-order valence-corrected chi connectivity index (χ1v) is 5.75. The third-order valence-corrected chi connectivity index (χ3v) is 4.42. The number of alkyl halides is 1. The Kier molecular flexibility index (Phi) is 1.80. The number of allylic oxidation sites excluding steroid dienone is 1. The predicted octanol–water partition coefficient (Wildman–Crippen LogP) is 2.32. The van der Waals surface area contributed by atoms with E-state index in [4.69, 9.17) is 21.1 Å². The van der Waals surface area contributed by atoms with Crippen LogP contribution < -0.4 is 0 Å². The summed E-state index contributed by atoms with van der Waals surface area (Å²) in [6.07, 6.45) is 5.81. The number of fused-ring (bicyclic) bond motifs is 3. The number of hydrogen-bond acceptors (Lipinski definition) is 2. The van der Waals surface area contributed by atoms with Crippen molar-refractivity contribution >= 4 is 11.6 Å². The summed E-state index contributed by atoms with van der Waals surface area (Å²) < 4.78 is 11.9. The number of hydrogen-bond donors (Lipinski definition) is 0. The van der Waals surface area contributed by atoms with Gasteiger partial charge in [0.15, 0.2) is 5.79 Å². The van der Waals surface area contributed by atoms with Crippen LogP contribution in [0.2, 0.25) is 0 Å². The van der Waals surface area contributed by atoms with Gasteiger partial charge < -0.3 is 9.47 Å². The van der Waals surface area contributed by atoms with Gasteiger partial charge in [-0.2, -0.15) is 0 Å². The fourth-order valence-corrected chi connectivity index (χ4v) is 3.30. The van der Waals surface area contributed by atoms with Crippen LogP contribution >= 0.6 is 11.6 Å². The lowest BCUT2D eigenvalue weighted by atomic mass is 10.00. The molecule has 3 heteroatoms. The average Bonchev–Trinajstić information content (AvgIpc) is 2.76. The van der Waals surface area contributed by atoms with E-state index in [2.05, 4.69) is 26.0 Å². The molecule has 0 N–H and O–H groups in total. The van der Waals surface area contributed by atoms with Gasteiger partial charge in [0.25, 0.3) is 0 Å². The van der Waals surface area contributed by atoms with Gasteiger partial charge in [0, 0.05) is 5.92 Å². The zero-order valence-corrected chi connectivity index (χ0v) is 9.20. The Hall–Kier alpha value is -0.0500. The van der Waals surface area contributed by atoms with Gasteiger partial charge in [0.05, 0.1) is 17.6 Å². The lowest BCUT2D eigenvalue weighted by Crippen LogP contribution is -2.44. The maximum Gasteiger partial charge on any atom is 0.192 e. The van der Waals surface area contributed by atoms with Gasteiger partial charge >= 0.3 is 0 Å². The largest absolute Gasteiger partial charge is 0.342 e. The summed E-state index contributed by atoms with van der Waals surface area (Å²) in [6, 6.07) is 0. The second-order valence-corrected chi connectivity index (χ2v) is 5.13. The predicted molar refractivity (Wildman–Crippen MR) is 54.2 cm³/mol. The Morgan fingerprint density at radius 3 is 2.36 bits per heavy atom. The summed E-state index contributed by atoms with van der Waals surface area (Å²) in [4.78, 5) is 0. The van der Waals surface area contributed by atoms with Crippen molar-refractivity contribution in [3.8, 4) is 0 Å². The first-order chi connectivity index (χ1) is 6.63. The molecule has 1 spiro atoms. The minimum atomic E-state index is -0.514. The Bertz CT molecular complexity index is 279. The first kappa shape index (κ1) is 9.20. The molecule has 1 saturated heterocycles. The van der Waals surface area contributed by atoms with E-state index in [1.807, 2.05) is 0 Å². The lowest BCUT2D eigenvalue weighted by molar-refractivity contribution is -0.186. The third kappa shape index (κ3) is 0.944. The van der Waals surface area contributed by atoms with Crippen LogP contribution in [0.1, 0.15) is 20.3 Å². The highest BCUT2D eigenvalue weighted by molar-refractivity contribution is 6.22. The van der Waals surface area contributed by atoms with Crippen molar-refractivity contribution < 1.29 is 9.47 Å². The van der Waals surface area contributed by atoms with Crippen LogP contribution in [0.25, 0.3) is 0 Å². The summed E-state index contributed by atoms with van der Waals surface area (Å²) in [5.74, 6) is 0.293. The molecule has 5 atom stereocenters. The molecule has 0 radical (unpaired) electrons. The molecule has 14 heavy (non-hydrogen) atoms. The normalized spacial score (nSPS) is 53.5. The molecule has 2 nitrogen and oxygen atoms in total. The molecule has 1 saturated carbocycles. The number of ether oxygens (including phenoxy) is 2. The van der Waals surface area contributed by atoms with E-state index >= 15 is 0 Å². The highest BCUT2D eigenvalue weighted by Gasteiger charge is 2.62. The second-order valence-electron chi connectivity index (χ2n) is 4.66. The Balaban J connectivity index is 1.95. The van der Waals surface area contributed by atoms with Crippen LogP contribution in [0.5, 0.6) is 0 Å². The van der Waals surface area contributed by atoms with Gasteiger partial charge in [0.1, 0.15) is 0 Å². The number of halogens is 1. The van der Waals surface area contributed by atoms with E-state index in [9.17, 15) is 0 Å². The molecular weight excluding hydrogens is 200 g/mol. The quantitative estimate of drug-likeness (QED) is 0.455. The van der Waals surface area contributed by atoms with Gasteiger partial charge in [-0.15, -0.1) is 11.6 Å². The fraction of sp³-hybridized carbons (Fsp3) is 0.818. The van der Waals surface area contributed by atoms with Crippen molar-refractivity contribution in [2.24, 2.45) is 11.8 Å². The van der Waals surface area contributed by atoms with Crippen LogP contribution in [0, 0.1) is 11.8 Å². The van der Waals surface area contributed by atoms with Crippen LogP contribution in [-0.4, -0.2) is 23.4 Å². The van der Waals surface area contributed by atoms with Gasteiger partial charge in [-0.05, 0) is 26.2 Å². The average molecular weight is 215 g/mol. The van der Waals surface area contributed by atoms with Crippen molar-refractivity contribution in [3.63, 3.8) is 0 Å². The van der Waals surface area contributed by atoms with Crippen LogP contribution in [-0.2, 0) is 9.47 Å². The minimum Gasteiger partial charge on any atom is -0.342 e. The van der Waals surface area contributed by atoms with E-state index in [0.29, 0.717) is 11.8 Å². The van der Waals surface area contributed by atoms with Crippen molar-refractivity contribution in [2.45, 2.75) is 43.6 Å². The SMILES string of the molecule is C[C@H]1OC2(O[C@@H]1C)[C@@H]1C=C[C@@H](C1)[C@@H]2Cl. The monoisotopic (exact) mass is 214 g/mol. The van der Waals surface area contributed by atoms with Crippen LogP contribution in [0.3, 0.4) is 0 Å². The summed E-state index contributed by atoms with van der Waals surface area (Å²) in [7, 11) is 0. The van der Waals surface area contributed by atoms with Crippen LogP contribution in [0.15, 0.2) is 12.2 Å². The summed E-state index contributed by atoms with van der Waals surface area (Å²) in [5, 5.41) is -0.00935. The maximum absolute atomic E-state index is 6.40. The molecule has 0 unspecified atom stereocenters. The molecule has 2 bridgehead atoms. The highest BCUT2D eigenvalue weighted by Crippen LogP contribution is 2.55. The molecule has 1 aliphatic heterocycles. The highest BCUT2D eigenvalue weighted by atomic mass is 35.5. The standard InChI is InChI=1S/C11H15ClO2/c1-6-7(2)14-11(13-6)9-4-3-8(5-9)10(11)12/h3-4,6-10H,5H2,1-2H3/t6-,7-,8+,9-,10+/m1/s1. The van der Waals surface area contributed by atoms with Crippen molar-refractivity contribution in [3.05, 3.63) is 12.2 Å². The van der Waals surface area contributed by atoms with E-state index in [1.165, 1.54) is 0 Å². The van der Waals surface area contributed by atoms with E-state index in [0.717, 1.165) is 6.42 Å². The Morgan fingerprint density at radius 1 is 1.21 bits per heavy atom. The van der Waals surface area contributed by atoms with Crippen molar-refractivity contribution in [2.75, 3.05) is 0 Å². The molecule has 3 aliphatic rings. The van der Waals surface area contributed by atoms with Crippen molar-refractivity contribution in [1.29, 1.82) is 0 Å². The molecule has 2 fully saturated rings. The smallest absolute Gasteiger partial charge is 0.192 e. The number of rotatable bonds is 0. The van der Waals surface area contributed by atoms with E-state index in [-0.39, 0.29) is 17.6 Å². The lowest BCUT2D eigenvalue weighted by Gasteiger charge is -2.33. The first-order valence-electron chi connectivity index (χ1n) is 5.31. The van der Waals surface area contributed by atoms with Crippen LogP contribution in [0.4, 0.5) is 0 Å². The molecule has 0 aromatic heterocycles. The van der Waals surface area contributed by atoms with Crippen molar-refractivity contribution in [1.82, 2.24) is 0 Å². The van der Waals surface area contributed by atoms with Gasteiger partial charge in [-0.3, -0.25) is 0 Å². The topological polar surface area (TPSA) is 18.5 Å². The second kappa shape index (κ2) is 2.75. The zero-order valence-electron chi connectivity index (χ0n) is 8.44. The third-order valence-electron chi connectivity index (χ3n) is 3.80. The molecule has 2 aliphatic carbocycles. The summed E-state index contributed by atoms with van der Waals surface area (Å²) in [5.41, 5.74) is 0. The van der Waals surface area contributed by atoms with Gasteiger partial charge in [0.2, 0.25) is 0 Å². The van der Waals surface area contributed by atoms with E-state index in [1.54, 1.807) is 0 Å². The minimum absolute atomic E-state index is 0.00935. The van der Waals surface area contributed by atoms with Gasteiger partial charge in [-0.25, -0.2) is 0 Å². The molecule has 0 aromatic rings. The maximum atomic E-state index is 6.40. The Morgan fingerprint density at radius 2 is 1.86 bits per heavy atom. The molecular formula is C11H15ClO2. The molecule has 78 valence electrons. The zero-order chi connectivity index (χ0) is 9.92.